The third-order valence-electron chi connectivity index (χ3n) is 2.92. The lowest BCUT2D eigenvalue weighted by molar-refractivity contribution is -0.121. The molecule has 0 saturated carbocycles. The van der Waals surface area contributed by atoms with Crippen LogP contribution in [0.4, 0.5) is 5.69 Å². The highest BCUT2D eigenvalue weighted by Crippen LogP contribution is 2.31. The zero-order valence-electron chi connectivity index (χ0n) is 11.0. The topological polar surface area (TPSA) is 41.6 Å². The molecule has 1 heterocycles. The molecule has 98 valence electrons. The van der Waals surface area contributed by atoms with E-state index in [1.807, 2.05) is 29.2 Å². The van der Waals surface area contributed by atoms with Crippen molar-refractivity contribution in [2.24, 2.45) is 0 Å². The number of carbonyl (C=O) groups is 1. The van der Waals surface area contributed by atoms with Gasteiger partial charge in [0.15, 0.2) is 6.61 Å². The molecule has 18 heavy (non-hydrogen) atoms. The highest BCUT2D eigenvalue weighted by Gasteiger charge is 2.24. The number of hydrogen-bond donors (Lipinski definition) is 1. The lowest BCUT2D eigenvalue weighted by Gasteiger charge is -2.29. The Hall–Kier alpha value is -1.55. The van der Waals surface area contributed by atoms with Gasteiger partial charge in [-0.3, -0.25) is 4.79 Å². The van der Waals surface area contributed by atoms with Crippen molar-refractivity contribution in [1.29, 1.82) is 0 Å². The number of anilines is 1. The molecule has 2 rings (SSSR count). The molecule has 0 aromatic heterocycles. The smallest absolute Gasteiger partial charge is 0.265 e. The van der Waals surface area contributed by atoms with E-state index in [0.29, 0.717) is 6.04 Å². The Morgan fingerprint density at radius 3 is 2.94 bits per heavy atom. The molecule has 1 amide bonds. The number of nitrogens with zero attached hydrogens (tertiary/aromatic N) is 1. The SMILES string of the molecule is CC(C)NCCCN1C(=O)COc2ccccc21. The summed E-state index contributed by atoms with van der Waals surface area (Å²) in [5.41, 5.74) is 0.887. The molecule has 0 aliphatic carbocycles. The third-order valence-corrected chi connectivity index (χ3v) is 2.92. The van der Waals surface area contributed by atoms with Crippen LogP contribution in [0.5, 0.6) is 5.75 Å². The van der Waals surface area contributed by atoms with Crippen LogP contribution in [0.15, 0.2) is 24.3 Å². The van der Waals surface area contributed by atoms with Crippen LogP contribution in [-0.4, -0.2) is 31.6 Å². The fourth-order valence-electron chi connectivity index (χ4n) is 2.03. The predicted molar refractivity (Wildman–Crippen MR) is 72.0 cm³/mol. The van der Waals surface area contributed by atoms with E-state index >= 15 is 0 Å². The van der Waals surface area contributed by atoms with Gasteiger partial charge >= 0.3 is 0 Å². The van der Waals surface area contributed by atoms with E-state index in [2.05, 4.69) is 19.2 Å². The molecular weight excluding hydrogens is 228 g/mol. The van der Waals surface area contributed by atoms with Crippen LogP contribution in [0, 0.1) is 0 Å². The minimum Gasteiger partial charge on any atom is -0.482 e. The van der Waals surface area contributed by atoms with Gasteiger partial charge in [0.1, 0.15) is 5.75 Å². The van der Waals surface area contributed by atoms with E-state index in [1.54, 1.807) is 0 Å². The number of rotatable bonds is 5. The van der Waals surface area contributed by atoms with Gasteiger partial charge in [0.25, 0.3) is 5.91 Å². The molecule has 1 aromatic rings. The van der Waals surface area contributed by atoms with Crippen molar-refractivity contribution in [2.45, 2.75) is 26.3 Å². The van der Waals surface area contributed by atoms with E-state index in [1.165, 1.54) is 0 Å². The summed E-state index contributed by atoms with van der Waals surface area (Å²) in [6, 6.07) is 8.18. The Kier molecular flexibility index (Phi) is 4.20. The molecule has 1 aliphatic rings. The van der Waals surface area contributed by atoms with Gasteiger partial charge in [0, 0.05) is 12.6 Å². The van der Waals surface area contributed by atoms with Crippen molar-refractivity contribution >= 4 is 11.6 Å². The molecule has 0 unspecified atom stereocenters. The van der Waals surface area contributed by atoms with E-state index in [4.69, 9.17) is 4.74 Å². The number of para-hydroxylation sites is 2. The molecular formula is C14H20N2O2. The molecule has 1 aliphatic heterocycles. The number of hydrogen-bond acceptors (Lipinski definition) is 3. The highest BCUT2D eigenvalue weighted by molar-refractivity contribution is 5.97. The quantitative estimate of drug-likeness (QED) is 0.808. The standard InChI is InChI=1S/C14H20N2O2/c1-11(2)15-8-5-9-16-12-6-3-4-7-13(12)18-10-14(16)17/h3-4,6-7,11,15H,5,8-10H2,1-2H3. The van der Waals surface area contributed by atoms with Crippen molar-refractivity contribution in [1.82, 2.24) is 5.32 Å². The average Bonchev–Trinajstić information content (AvgIpc) is 2.36. The zero-order valence-corrected chi connectivity index (χ0v) is 11.0. The molecule has 4 nitrogen and oxygen atoms in total. The average molecular weight is 248 g/mol. The van der Waals surface area contributed by atoms with Crippen molar-refractivity contribution in [3.8, 4) is 5.75 Å². The lowest BCUT2D eigenvalue weighted by Crippen LogP contribution is -2.40. The second-order valence-electron chi connectivity index (χ2n) is 4.76. The molecule has 0 fully saturated rings. The summed E-state index contributed by atoms with van der Waals surface area (Å²) in [5.74, 6) is 0.840. The number of ether oxygens (including phenoxy) is 1. The first-order chi connectivity index (χ1) is 8.68. The lowest BCUT2D eigenvalue weighted by atomic mass is 10.2. The van der Waals surface area contributed by atoms with Gasteiger partial charge < -0.3 is 15.0 Å². The van der Waals surface area contributed by atoms with Crippen LogP contribution in [-0.2, 0) is 4.79 Å². The number of fused-ring (bicyclic) bond motifs is 1. The zero-order chi connectivity index (χ0) is 13.0. The first-order valence-electron chi connectivity index (χ1n) is 6.44. The molecule has 0 saturated heterocycles. The fourth-order valence-corrected chi connectivity index (χ4v) is 2.03. The van der Waals surface area contributed by atoms with Crippen molar-refractivity contribution in [3.63, 3.8) is 0 Å². The van der Waals surface area contributed by atoms with Gasteiger partial charge in [0.05, 0.1) is 5.69 Å². The van der Waals surface area contributed by atoms with Gasteiger partial charge in [-0.2, -0.15) is 0 Å². The molecule has 1 N–H and O–H groups in total. The molecule has 0 atom stereocenters. The number of carbonyl (C=O) groups excluding carboxylic acids is 1. The summed E-state index contributed by atoms with van der Waals surface area (Å²) in [6.45, 7) is 6.04. The van der Waals surface area contributed by atoms with Gasteiger partial charge in [0.2, 0.25) is 0 Å². The van der Waals surface area contributed by atoms with E-state index in [-0.39, 0.29) is 12.5 Å². The number of amides is 1. The van der Waals surface area contributed by atoms with Crippen molar-refractivity contribution in [2.75, 3.05) is 24.6 Å². The number of nitrogens with one attached hydrogen (secondary N) is 1. The highest BCUT2D eigenvalue weighted by atomic mass is 16.5. The summed E-state index contributed by atoms with van der Waals surface area (Å²) < 4.78 is 5.40. The second-order valence-corrected chi connectivity index (χ2v) is 4.76. The normalized spacial score (nSPS) is 14.6. The van der Waals surface area contributed by atoms with Crippen LogP contribution < -0.4 is 15.0 Å². The Morgan fingerprint density at radius 2 is 2.17 bits per heavy atom. The monoisotopic (exact) mass is 248 g/mol. The number of benzene rings is 1. The first kappa shape index (κ1) is 12.9. The maximum absolute atomic E-state index is 11.9. The first-order valence-corrected chi connectivity index (χ1v) is 6.44. The Labute approximate surface area is 108 Å². The van der Waals surface area contributed by atoms with Crippen LogP contribution in [0.1, 0.15) is 20.3 Å². The van der Waals surface area contributed by atoms with Gasteiger partial charge in [-0.25, -0.2) is 0 Å². The minimum absolute atomic E-state index is 0.0400. The minimum atomic E-state index is 0.0400. The van der Waals surface area contributed by atoms with E-state index in [9.17, 15) is 4.79 Å². The Balaban J connectivity index is 1.97. The van der Waals surface area contributed by atoms with Crippen LogP contribution >= 0.6 is 0 Å². The molecule has 0 bridgehead atoms. The van der Waals surface area contributed by atoms with Gasteiger partial charge in [-0.1, -0.05) is 26.0 Å². The Bertz CT molecular complexity index is 418. The Morgan fingerprint density at radius 1 is 1.39 bits per heavy atom. The third kappa shape index (κ3) is 3.01. The maximum Gasteiger partial charge on any atom is 0.265 e. The molecule has 1 aromatic carbocycles. The molecule has 0 spiro atoms. The summed E-state index contributed by atoms with van der Waals surface area (Å²) in [5, 5.41) is 3.35. The van der Waals surface area contributed by atoms with Crippen LogP contribution in [0.25, 0.3) is 0 Å². The summed E-state index contributed by atoms with van der Waals surface area (Å²) in [6.07, 6.45) is 0.943. The second kappa shape index (κ2) is 5.87. The van der Waals surface area contributed by atoms with Gasteiger partial charge in [-0.05, 0) is 25.1 Å². The van der Waals surface area contributed by atoms with Crippen molar-refractivity contribution < 1.29 is 9.53 Å². The summed E-state index contributed by atoms with van der Waals surface area (Å²) in [7, 11) is 0. The van der Waals surface area contributed by atoms with E-state index < -0.39 is 0 Å². The van der Waals surface area contributed by atoms with Crippen LogP contribution in [0.2, 0.25) is 0 Å². The van der Waals surface area contributed by atoms with Crippen molar-refractivity contribution in [3.05, 3.63) is 24.3 Å². The van der Waals surface area contributed by atoms with Gasteiger partial charge in [-0.15, -0.1) is 0 Å². The maximum atomic E-state index is 11.9. The fraction of sp³-hybridized carbons (Fsp3) is 0.500. The predicted octanol–water partition coefficient (Wildman–Crippen LogP) is 1.80. The summed E-state index contributed by atoms with van der Waals surface area (Å²) in [4.78, 5) is 13.7. The molecule has 0 radical (unpaired) electrons. The van der Waals surface area contributed by atoms with Crippen LogP contribution in [0.3, 0.4) is 0 Å². The van der Waals surface area contributed by atoms with E-state index in [0.717, 1.165) is 30.9 Å². The largest absolute Gasteiger partial charge is 0.482 e. The summed E-state index contributed by atoms with van der Waals surface area (Å²) >= 11 is 0. The molecule has 4 heteroatoms.